The number of nitrogens with zero attached hydrogens (tertiary/aromatic N) is 1. The summed E-state index contributed by atoms with van der Waals surface area (Å²) in [4.78, 5) is 14.5. The number of nitrogen functional groups attached to an aromatic ring is 1. The number of benzene rings is 1. The van der Waals surface area contributed by atoms with Gasteiger partial charge in [-0.25, -0.2) is 0 Å². The van der Waals surface area contributed by atoms with Gasteiger partial charge >= 0.3 is 0 Å². The van der Waals surface area contributed by atoms with Gasteiger partial charge in [0.1, 0.15) is 0 Å². The number of amides is 1. The molecule has 1 aromatic rings. The number of carbonyl (C=O) groups is 1. The van der Waals surface area contributed by atoms with Crippen LogP contribution in [0, 0.1) is 5.92 Å². The predicted molar refractivity (Wildman–Crippen MR) is 90.4 cm³/mol. The van der Waals surface area contributed by atoms with E-state index in [9.17, 15) is 4.79 Å². The average molecular weight is 332 g/mol. The van der Waals surface area contributed by atoms with E-state index in [1.165, 1.54) is 25.8 Å². The summed E-state index contributed by atoms with van der Waals surface area (Å²) in [5, 5.41) is 3.03. The lowest BCUT2D eigenvalue weighted by molar-refractivity contribution is 0.0947. The van der Waals surface area contributed by atoms with Gasteiger partial charge in [0, 0.05) is 30.4 Å². The summed E-state index contributed by atoms with van der Waals surface area (Å²) in [5.74, 6) is 0.614. The number of hydrogen-bond donors (Lipinski definition) is 2. The van der Waals surface area contributed by atoms with Crippen molar-refractivity contribution < 1.29 is 4.79 Å². The summed E-state index contributed by atoms with van der Waals surface area (Å²) >= 11 is 0. The number of likely N-dealkylation sites (tertiary alicyclic amines) is 1. The summed E-state index contributed by atoms with van der Waals surface area (Å²) in [6, 6.07) is 7.92. The topological polar surface area (TPSA) is 58.4 Å². The second-order valence-corrected chi connectivity index (χ2v) is 5.71. The number of nitrogens with two attached hydrogens (primary N) is 1. The molecule has 21 heavy (non-hydrogen) atoms. The van der Waals surface area contributed by atoms with Crippen LogP contribution >= 0.6 is 24.8 Å². The molecule has 6 heteroatoms. The number of rotatable bonds is 4. The molecule has 0 spiro atoms. The Morgan fingerprint density at radius 3 is 2.48 bits per heavy atom. The molecule has 1 heterocycles. The molecule has 0 radical (unpaired) electrons. The second-order valence-electron chi connectivity index (χ2n) is 5.71. The molecule has 3 N–H and O–H groups in total. The standard InChI is InChI=1S/C15H21N3O.2ClH/c16-13-3-1-12(2-4-13)15(19)17-9-11-7-8-18(10-11)14-5-6-14;;/h1-4,11,14H,5-10,16H2,(H,17,19);2*1H. The van der Waals surface area contributed by atoms with Crippen LogP contribution in [0.2, 0.25) is 0 Å². The average Bonchev–Trinajstić information content (AvgIpc) is 3.16. The van der Waals surface area contributed by atoms with Gasteiger partial charge < -0.3 is 16.0 Å². The lowest BCUT2D eigenvalue weighted by atomic mass is 10.1. The molecule has 3 rings (SSSR count). The summed E-state index contributed by atoms with van der Waals surface area (Å²) < 4.78 is 0. The van der Waals surface area contributed by atoms with Crippen molar-refractivity contribution in [1.29, 1.82) is 0 Å². The van der Waals surface area contributed by atoms with Crippen LogP contribution in [-0.2, 0) is 0 Å². The van der Waals surface area contributed by atoms with E-state index in [-0.39, 0.29) is 30.7 Å². The fourth-order valence-corrected chi connectivity index (χ4v) is 2.77. The van der Waals surface area contributed by atoms with Gasteiger partial charge in [0.2, 0.25) is 0 Å². The fraction of sp³-hybridized carbons (Fsp3) is 0.533. The van der Waals surface area contributed by atoms with Crippen molar-refractivity contribution in [2.45, 2.75) is 25.3 Å². The summed E-state index contributed by atoms with van der Waals surface area (Å²) in [7, 11) is 0. The van der Waals surface area contributed by atoms with E-state index >= 15 is 0 Å². The number of halogens is 2. The van der Waals surface area contributed by atoms with Gasteiger partial charge in [-0.3, -0.25) is 4.79 Å². The highest BCUT2D eigenvalue weighted by atomic mass is 35.5. The lowest BCUT2D eigenvalue weighted by Gasteiger charge is -2.15. The minimum atomic E-state index is 0. The minimum absolute atomic E-state index is 0. The molecular weight excluding hydrogens is 309 g/mol. The minimum Gasteiger partial charge on any atom is -0.399 e. The Balaban J connectivity index is 0.00000110. The fourth-order valence-electron chi connectivity index (χ4n) is 2.77. The van der Waals surface area contributed by atoms with Crippen LogP contribution in [0.5, 0.6) is 0 Å². The number of nitrogens with one attached hydrogen (secondary N) is 1. The van der Waals surface area contributed by atoms with Crippen molar-refractivity contribution in [2.75, 3.05) is 25.4 Å². The van der Waals surface area contributed by atoms with Crippen LogP contribution in [0.15, 0.2) is 24.3 Å². The molecule has 0 aromatic heterocycles. The van der Waals surface area contributed by atoms with Crippen molar-refractivity contribution in [3.8, 4) is 0 Å². The van der Waals surface area contributed by atoms with E-state index in [1.807, 2.05) is 0 Å². The SMILES string of the molecule is Cl.Cl.Nc1ccc(C(=O)NCC2CCN(C3CC3)C2)cc1. The zero-order valence-electron chi connectivity index (χ0n) is 12.0. The quantitative estimate of drug-likeness (QED) is 0.832. The van der Waals surface area contributed by atoms with Gasteiger partial charge in [-0.05, 0) is 56.0 Å². The van der Waals surface area contributed by atoms with Gasteiger partial charge in [0.15, 0.2) is 0 Å². The highest BCUT2D eigenvalue weighted by Crippen LogP contribution is 2.31. The van der Waals surface area contributed by atoms with Crippen molar-refractivity contribution in [1.82, 2.24) is 10.2 Å². The second kappa shape index (κ2) is 7.87. The van der Waals surface area contributed by atoms with Gasteiger partial charge in [-0.1, -0.05) is 0 Å². The first-order valence-corrected chi connectivity index (χ1v) is 7.10. The first-order valence-electron chi connectivity index (χ1n) is 7.10. The normalized spacial score (nSPS) is 21.2. The smallest absolute Gasteiger partial charge is 0.251 e. The van der Waals surface area contributed by atoms with Gasteiger partial charge in [-0.2, -0.15) is 0 Å². The molecule has 1 saturated heterocycles. The Labute approximate surface area is 138 Å². The first-order chi connectivity index (χ1) is 9.22. The molecule has 4 nitrogen and oxygen atoms in total. The van der Waals surface area contributed by atoms with Crippen LogP contribution in [-0.4, -0.2) is 36.5 Å². The van der Waals surface area contributed by atoms with Crippen molar-refractivity contribution in [3.63, 3.8) is 0 Å². The Morgan fingerprint density at radius 1 is 1.19 bits per heavy atom. The van der Waals surface area contributed by atoms with E-state index in [1.54, 1.807) is 24.3 Å². The molecule has 1 amide bonds. The molecule has 1 saturated carbocycles. The van der Waals surface area contributed by atoms with Crippen LogP contribution in [0.4, 0.5) is 5.69 Å². The Kier molecular flexibility index (Phi) is 6.78. The zero-order valence-corrected chi connectivity index (χ0v) is 13.6. The van der Waals surface area contributed by atoms with E-state index in [2.05, 4.69) is 10.2 Å². The molecule has 1 aliphatic carbocycles. The molecule has 1 atom stereocenters. The number of anilines is 1. The molecule has 118 valence electrons. The number of carbonyl (C=O) groups excluding carboxylic acids is 1. The Hall–Kier alpha value is -0.970. The van der Waals surface area contributed by atoms with Crippen LogP contribution in [0.3, 0.4) is 0 Å². The molecule has 1 unspecified atom stereocenters. The van der Waals surface area contributed by atoms with E-state index in [4.69, 9.17) is 5.73 Å². The maximum absolute atomic E-state index is 12.0. The molecule has 1 aromatic carbocycles. The van der Waals surface area contributed by atoms with Crippen LogP contribution in [0.1, 0.15) is 29.6 Å². The van der Waals surface area contributed by atoms with E-state index < -0.39 is 0 Å². The third-order valence-corrected chi connectivity index (χ3v) is 4.10. The molecule has 2 fully saturated rings. The highest BCUT2D eigenvalue weighted by Gasteiger charge is 2.34. The first kappa shape index (κ1) is 18.1. The summed E-state index contributed by atoms with van der Waals surface area (Å²) in [6.07, 6.45) is 3.94. The van der Waals surface area contributed by atoms with Gasteiger partial charge in [0.05, 0.1) is 0 Å². The third-order valence-electron chi connectivity index (χ3n) is 4.10. The largest absolute Gasteiger partial charge is 0.399 e. The monoisotopic (exact) mass is 331 g/mol. The van der Waals surface area contributed by atoms with E-state index in [0.29, 0.717) is 17.2 Å². The van der Waals surface area contributed by atoms with Crippen LogP contribution < -0.4 is 11.1 Å². The Bertz CT molecular complexity index is 462. The maximum Gasteiger partial charge on any atom is 0.251 e. The number of hydrogen-bond acceptors (Lipinski definition) is 3. The van der Waals surface area contributed by atoms with Gasteiger partial charge in [-0.15, -0.1) is 24.8 Å². The summed E-state index contributed by atoms with van der Waals surface area (Å²) in [5.41, 5.74) is 6.99. The maximum atomic E-state index is 12.0. The predicted octanol–water partition coefficient (Wildman–Crippen LogP) is 2.33. The molecule has 0 bridgehead atoms. The van der Waals surface area contributed by atoms with E-state index in [0.717, 1.165) is 19.1 Å². The summed E-state index contributed by atoms with van der Waals surface area (Å²) in [6.45, 7) is 3.13. The van der Waals surface area contributed by atoms with Crippen LogP contribution in [0.25, 0.3) is 0 Å². The lowest BCUT2D eigenvalue weighted by Crippen LogP contribution is -2.31. The molecule has 1 aliphatic heterocycles. The zero-order chi connectivity index (χ0) is 13.2. The molecular formula is C15H23Cl2N3O. The highest BCUT2D eigenvalue weighted by molar-refractivity contribution is 5.94. The Morgan fingerprint density at radius 2 is 1.86 bits per heavy atom. The third kappa shape index (κ3) is 4.77. The van der Waals surface area contributed by atoms with Crippen molar-refractivity contribution in [3.05, 3.63) is 29.8 Å². The van der Waals surface area contributed by atoms with Gasteiger partial charge in [0.25, 0.3) is 5.91 Å². The molecule has 2 aliphatic rings. The van der Waals surface area contributed by atoms with Crippen molar-refractivity contribution in [2.24, 2.45) is 5.92 Å². The van der Waals surface area contributed by atoms with Crippen molar-refractivity contribution >= 4 is 36.4 Å².